The summed E-state index contributed by atoms with van der Waals surface area (Å²) < 4.78 is 22.1. The fourth-order valence-corrected chi connectivity index (χ4v) is 2.79. The van der Waals surface area contributed by atoms with Crippen LogP contribution in [-0.2, 0) is 4.74 Å². The SMILES string of the molecule is Fc1ccccc1-c1nn(C2CCCCO2)cc1Br. The Morgan fingerprint density at radius 2 is 2.16 bits per heavy atom. The predicted octanol–water partition coefficient (Wildman–Crippen LogP) is 4.15. The maximum Gasteiger partial charge on any atom is 0.150 e. The summed E-state index contributed by atoms with van der Waals surface area (Å²) in [5.41, 5.74) is 1.12. The van der Waals surface area contributed by atoms with Gasteiger partial charge in [-0.2, -0.15) is 5.10 Å². The average molecular weight is 325 g/mol. The van der Waals surface area contributed by atoms with E-state index in [1.807, 2.05) is 6.20 Å². The Morgan fingerprint density at radius 1 is 1.32 bits per heavy atom. The van der Waals surface area contributed by atoms with Crippen LogP contribution in [0.1, 0.15) is 25.5 Å². The lowest BCUT2D eigenvalue weighted by Crippen LogP contribution is -2.18. The van der Waals surface area contributed by atoms with E-state index in [4.69, 9.17) is 4.74 Å². The van der Waals surface area contributed by atoms with Gasteiger partial charge in [0.2, 0.25) is 0 Å². The molecule has 3 rings (SSSR count). The third-order valence-electron chi connectivity index (χ3n) is 3.27. The van der Waals surface area contributed by atoms with Crippen molar-refractivity contribution in [3.8, 4) is 11.3 Å². The predicted molar refractivity (Wildman–Crippen MR) is 74.2 cm³/mol. The van der Waals surface area contributed by atoms with Gasteiger partial charge in [0.05, 0.1) is 4.47 Å². The number of benzene rings is 1. The zero-order valence-electron chi connectivity index (χ0n) is 10.4. The van der Waals surface area contributed by atoms with Crippen molar-refractivity contribution in [1.82, 2.24) is 9.78 Å². The maximum atomic E-state index is 13.8. The van der Waals surface area contributed by atoms with Crippen LogP contribution in [0.3, 0.4) is 0 Å². The Kier molecular flexibility index (Phi) is 3.66. The van der Waals surface area contributed by atoms with Crippen molar-refractivity contribution in [1.29, 1.82) is 0 Å². The van der Waals surface area contributed by atoms with Gasteiger partial charge in [0.25, 0.3) is 0 Å². The van der Waals surface area contributed by atoms with Crippen LogP contribution in [0.2, 0.25) is 0 Å². The molecule has 2 aromatic rings. The molecule has 0 N–H and O–H groups in total. The Morgan fingerprint density at radius 3 is 2.89 bits per heavy atom. The van der Waals surface area contributed by atoms with Crippen LogP contribution in [0, 0.1) is 5.82 Å². The van der Waals surface area contributed by atoms with Gasteiger partial charge in [-0.25, -0.2) is 9.07 Å². The van der Waals surface area contributed by atoms with Crippen LogP contribution in [0.15, 0.2) is 34.9 Å². The Hall–Kier alpha value is -1.20. The van der Waals surface area contributed by atoms with Crippen LogP contribution >= 0.6 is 15.9 Å². The summed E-state index contributed by atoms with van der Waals surface area (Å²) in [6.07, 6.45) is 5.00. The van der Waals surface area contributed by atoms with Gasteiger partial charge in [0, 0.05) is 18.4 Å². The zero-order valence-corrected chi connectivity index (χ0v) is 11.9. The van der Waals surface area contributed by atoms with Crippen LogP contribution in [0.5, 0.6) is 0 Å². The van der Waals surface area contributed by atoms with Crippen LogP contribution < -0.4 is 0 Å². The van der Waals surface area contributed by atoms with E-state index in [9.17, 15) is 4.39 Å². The largest absolute Gasteiger partial charge is 0.357 e. The van der Waals surface area contributed by atoms with Crippen LogP contribution in [0.4, 0.5) is 4.39 Å². The molecule has 1 aromatic heterocycles. The molecule has 1 aliphatic heterocycles. The van der Waals surface area contributed by atoms with Gasteiger partial charge < -0.3 is 4.74 Å². The summed E-state index contributed by atoms with van der Waals surface area (Å²) in [6, 6.07) is 6.65. The second-order valence-corrected chi connectivity index (χ2v) is 5.46. The molecular weight excluding hydrogens is 311 g/mol. The van der Waals surface area contributed by atoms with Crippen molar-refractivity contribution >= 4 is 15.9 Å². The molecule has 0 saturated carbocycles. The summed E-state index contributed by atoms with van der Waals surface area (Å²) in [4.78, 5) is 0. The Balaban J connectivity index is 1.95. The molecule has 1 unspecified atom stereocenters. The number of hydrogen-bond donors (Lipinski definition) is 0. The van der Waals surface area contributed by atoms with E-state index in [0.717, 1.165) is 30.3 Å². The highest BCUT2D eigenvalue weighted by Crippen LogP contribution is 2.31. The second-order valence-electron chi connectivity index (χ2n) is 4.61. The van der Waals surface area contributed by atoms with E-state index in [-0.39, 0.29) is 12.0 Å². The molecule has 0 aliphatic carbocycles. The molecule has 0 bridgehead atoms. The number of halogens is 2. The van der Waals surface area contributed by atoms with Gasteiger partial charge in [-0.05, 0) is 47.3 Å². The lowest BCUT2D eigenvalue weighted by molar-refractivity contribution is -0.0394. The molecular formula is C14H14BrFN2O. The first-order chi connectivity index (χ1) is 9.25. The van der Waals surface area contributed by atoms with Gasteiger partial charge in [-0.1, -0.05) is 12.1 Å². The maximum absolute atomic E-state index is 13.8. The smallest absolute Gasteiger partial charge is 0.150 e. The third kappa shape index (κ3) is 2.58. The summed E-state index contributed by atoms with van der Waals surface area (Å²) in [5.74, 6) is -0.266. The Labute approximate surface area is 119 Å². The third-order valence-corrected chi connectivity index (χ3v) is 3.85. The first-order valence-corrected chi connectivity index (χ1v) is 7.16. The first kappa shape index (κ1) is 12.8. The van der Waals surface area contributed by atoms with Gasteiger partial charge in [-0.3, -0.25) is 0 Å². The lowest BCUT2D eigenvalue weighted by Gasteiger charge is -2.22. The molecule has 1 atom stereocenters. The van der Waals surface area contributed by atoms with Crippen molar-refractivity contribution in [2.24, 2.45) is 0 Å². The fourth-order valence-electron chi connectivity index (χ4n) is 2.29. The molecule has 3 nitrogen and oxygen atoms in total. The zero-order chi connectivity index (χ0) is 13.2. The van der Waals surface area contributed by atoms with Crippen LogP contribution in [-0.4, -0.2) is 16.4 Å². The van der Waals surface area contributed by atoms with Crippen molar-refractivity contribution < 1.29 is 9.13 Å². The highest BCUT2D eigenvalue weighted by molar-refractivity contribution is 9.10. The number of ether oxygens (including phenoxy) is 1. The minimum atomic E-state index is -0.266. The molecule has 1 aromatic carbocycles. The molecule has 2 heterocycles. The van der Waals surface area contributed by atoms with E-state index in [1.54, 1.807) is 22.9 Å². The summed E-state index contributed by atoms with van der Waals surface area (Å²) >= 11 is 3.45. The monoisotopic (exact) mass is 324 g/mol. The average Bonchev–Trinajstić information content (AvgIpc) is 2.82. The Bertz CT molecular complexity index is 579. The van der Waals surface area contributed by atoms with E-state index in [2.05, 4.69) is 21.0 Å². The molecule has 1 saturated heterocycles. The van der Waals surface area contributed by atoms with Crippen molar-refractivity contribution in [3.63, 3.8) is 0 Å². The molecule has 0 spiro atoms. The van der Waals surface area contributed by atoms with Gasteiger partial charge in [0.1, 0.15) is 17.7 Å². The quantitative estimate of drug-likeness (QED) is 0.829. The minimum Gasteiger partial charge on any atom is -0.357 e. The summed E-state index contributed by atoms with van der Waals surface area (Å²) in [7, 11) is 0. The van der Waals surface area contributed by atoms with Gasteiger partial charge in [-0.15, -0.1) is 0 Å². The molecule has 100 valence electrons. The molecule has 0 amide bonds. The van der Waals surface area contributed by atoms with Crippen molar-refractivity contribution in [2.45, 2.75) is 25.5 Å². The highest BCUT2D eigenvalue weighted by atomic mass is 79.9. The molecule has 19 heavy (non-hydrogen) atoms. The topological polar surface area (TPSA) is 27.1 Å². The molecule has 0 radical (unpaired) electrons. The number of aromatic nitrogens is 2. The van der Waals surface area contributed by atoms with Crippen molar-refractivity contribution in [3.05, 3.63) is 40.8 Å². The van der Waals surface area contributed by atoms with E-state index in [0.29, 0.717) is 11.3 Å². The fraction of sp³-hybridized carbons (Fsp3) is 0.357. The van der Waals surface area contributed by atoms with E-state index >= 15 is 0 Å². The van der Waals surface area contributed by atoms with Crippen LogP contribution in [0.25, 0.3) is 11.3 Å². The lowest BCUT2D eigenvalue weighted by atomic mass is 10.1. The summed E-state index contributed by atoms with van der Waals surface area (Å²) in [6.45, 7) is 0.761. The number of rotatable bonds is 2. The molecule has 1 fully saturated rings. The highest BCUT2D eigenvalue weighted by Gasteiger charge is 2.20. The minimum absolute atomic E-state index is 0.0365. The normalized spacial score (nSPS) is 19.6. The summed E-state index contributed by atoms with van der Waals surface area (Å²) in [5, 5.41) is 4.47. The van der Waals surface area contributed by atoms with Crippen molar-refractivity contribution in [2.75, 3.05) is 6.61 Å². The van der Waals surface area contributed by atoms with Gasteiger partial charge in [0.15, 0.2) is 0 Å². The number of hydrogen-bond acceptors (Lipinski definition) is 2. The second kappa shape index (κ2) is 5.43. The number of nitrogens with zero attached hydrogens (tertiary/aromatic N) is 2. The first-order valence-electron chi connectivity index (χ1n) is 6.37. The standard InChI is InChI=1S/C14H14BrFN2O/c15-11-9-18(13-7-3-4-8-19-13)17-14(11)10-5-1-2-6-12(10)16/h1-2,5-6,9,13H,3-4,7-8H2. The van der Waals surface area contributed by atoms with E-state index in [1.165, 1.54) is 6.07 Å². The molecule has 5 heteroatoms. The van der Waals surface area contributed by atoms with E-state index < -0.39 is 0 Å². The van der Waals surface area contributed by atoms with Gasteiger partial charge >= 0.3 is 0 Å². The molecule has 1 aliphatic rings.